The van der Waals surface area contributed by atoms with Gasteiger partial charge in [0.25, 0.3) is 0 Å². The van der Waals surface area contributed by atoms with Crippen molar-refractivity contribution >= 4 is 9.84 Å². The van der Waals surface area contributed by atoms with Crippen molar-refractivity contribution in [1.82, 2.24) is 0 Å². The molecule has 3 nitrogen and oxygen atoms in total. The maximum absolute atomic E-state index is 12.6. The lowest BCUT2D eigenvalue weighted by Crippen LogP contribution is -2.41. The van der Waals surface area contributed by atoms with Crippen molar-refractivity contribution in [2.45, 2.75) is 63.9 Å². The summed E-state index contributed by atoms with van der Waals surface area (Å²) in [5.74, 6) is 0.268. The van der Waals surface area contributed by atoms with Crippen LogP contribution in [0.5, 0.6) is 0 Å². The highest BCUT2D eigenvalue weighted by Gasteiger charge is 2.41. The Balaban J connectivity index is 2.99. The summed E-state index contributed by atoms with van der Waals surface area (Å²) < 4.78 is 25.2. The second kappa shape index (κ2) is 6.06. The van der Waals surface area contributed by atoms with E-state index in [2.05, 4.69) is 13.0 Å². The summed E-state index contributed by atoms with van der Waals surface area (Å²) in [6, 6.07) is 2.22. The van der Waals surface area contributed by atoms with Gasteiger partial charge in [-0.15, -0.1) is 0 Å². The Morgan fingerprint density at radius 3 is 2.33 bits per heavy atom. The Bertz CT molecular complexity index is 408. The highest BCUT2D eigenvalue weighted by atomic mass is 32.2. The fraction of sp³-hybridized carbons (Fsp3) is 0.929. The second-order valence-electron chi connectivity index (χ2n) is 5.90. The molecule has 1 saturated carbocycles. The first kappa shape index (κ1) is 15.5. The topological polar surface area (TPSA) is 57.9 Å². The van der Waals surface area contributed by atoms with E-state index in [-0.39, 0.29) is 17.1 Å². The van der Waals surface area contributed by atoms with Gasteiger partial charge in [0, 0.05) is 0 Å². The van der Waals surface area contributed by atoms with Gasteiger partial charge in [0.05, 0.1) is 22.5 Å². The van der Waals surface area contributed by atoms with E-state index in [0.29, 0.717) is 12.3 Å². The van der Waals surface area contributed by atoms with Gasteiger partial charge in [-0.05, 0) is 38.0 Å². The van der Waals surface area contributed by atoms with Crippen LogP contribution in [0.4, 0.5) is 0 Å². The lowest BCUT2D eigenvalue weighted by atomic mass is 9.81. The molecule has 0 spiro atoms. The Morgan fingerprint density at radius 2 is 1.89 bits per heavy atom. The van der Waals surface area contributed by atoms with Gasteiger partial charge < -0.3 is 0 Å². The maximum atomic E-state index is 12.6. The SMILES string of the molecule is CCC1CCC(C#N)C(S(=O)(=O)C(C)C(C)C)C1. The fourth-order valence-corrected chi connectivity index (χ4v) is 5.25. The van der Waals surface area contributed by atoms with Crippen molar-refractivity contribution in [3.63, 3.8) is 0 Å². The summed E-state index contributed by atoms with van der Waals surface area (Å²) in [6.07, 6.45) is 3.43. The van der Waals surface area contributed by atoms with E-state index in [9.17, 15) is 13.7 Å². The molecule has 1 aliphatic carbocycles. The number of sulfone groups is 1. The van der Waals surface area contributed by atoms with Gasteiger partial charge in [-0.1, -0.05) is 27.2 Å². The lowest BCUT2D eigenvalue weighted by Gasteiger charge is -2.34. The van der Waals surface area contributed by atoms with Crippen LogP contribution in [0.15, 0.2) is 0 Å². The van der Waals surface area contributed by atoms with Gasteiger partial charge in [0.15, 0.2) is 9.84 Å². The van der Waals surface area contributed by atoms with E-state index in [0.717, 1.165) is 19.3 Å². The van der Waals surface area contributed by atoms with E-state index in [1.807, 2.05) is 13.8 Å². The van der Waals surface area contributed by atoms with Crippen LogP contribution in [0.25, 0.3) is 0 Å². The van der Waals surface area contributed by atoms with Gasteiger partial charge in [0.2, 0.25) is 0 Å². The molecule has 0 N–H and O–H groups in total. The van der Waals surface area contributed by atoms with Crippen molar-refractivity contribution in [1.29, 1.82) is 5.26 Å². The normalized spacial score (nSPS) is 31.0. The van der Waals surface area contributed by atoms with Gasteiger partial charge >= 0.3 is 0 Å². The Hall–Kier alpha value is -0.560. The summed E-state index contributed by atoms with van der Waals surface area (Å²) in [4.78, 5) is 0. The molecule has 104 valence electrons. The predicted octanol–water partition coefficient (Wildman–Crippen LogP) is 3.16. The van der Waals surface area contributed by atoms with E-state index in [1.54, 1.807) is 6.92 Å². The molecular formula is C14H25NO2S. The number of hydrogen-bond acceptors (Lipinski definition) is 3. The van der Waals surface area contributed by atoms with Gasteiger partial charge in [-0.2, -0.15) is 5.26 Å². The lowest BCUT2D eigenvalue weighted by molar-refractivity contribution is 0.306. The van der Waals surface area contributed by atoms with Crippen LogP contribution in [0.1, 0.15) is 53.4 Å². The number of rotatable bonds is 4. The maximum Gasteiger partial charge on any atom is 0.157 e. The largest absolute Gasteiger partial charge is 0.228 e. The monoisotopic (exact) mass is 271 g/mol. The van der Waals surface area contributed by atoms with Crippen molar-refractivity contribution in [2.75, 3.05) is 0 Å². The minimum atomic E-state index is -3.19. The fourth-order valence-electron chi connectivity index (χ4n) is 2.75. The molecule has 0 heterocycles. The first-order valence-electron chi connectivity index (χ1n) is 6.96. The molecule has 4 unspecified atom stereocenters. The van der Waals surface area contributed by atoms with Crippen molar-refractivity contribution in [2.24, 2.45) is 17.8 Å². The molecule has 0 bridgehead atoms. The molecule has 0 radical (unpaired) electrons. The van der Waals surface area contributed by atoms with Gasteiger partial charge in [0.1, 0.15) is 0 Å². The molecule has 18 heavy (non-hydrogen) atoms. The summed E-state index contributed by atoms with van der Waals surface area (Å²) in [7, 11) is -3.19. The number of hydrogen-bond donors (Lipinski definition) is 0. The Kier molecular flexibility index (Phi) is 5.21. The second-order valence-corrected chi connectivity index (χ2v) is 8.43. The molecule has 0 saturated heterocycles. The molecule has 0 aromatic rings. The van der Waals surface area contributed by atoms with Crippen LogP contribution in [-0.2, 0) is 9.84 Å². The molecule has 0 amide bonds. The smallest absolute Gasteiger partial charge is 0.157 e. The van der Waals surface area contributed by atoms with Crippen molar-refractivity contribution in [3.8, 4) is 6.07 Å². The van der Waals surface area contributed by atoms with E-state index < -0.39 is 15.1 Å². The molecule has 4 heteroatoms. The average Bonchev–Trinajstić information content (AvgIpc) is 2.36. The molecule has 1 aliphatic rings. The molecule has 0 aromatic carbocycles. The Labute approximate surface area is 111 Å². The first-order chi connectivity index (χ1) is 8.34. The van der Waals surface area contributed by atoms with Gasteiger partial charge in [-0.25, -0.2) is 8.42 Å². The molecule has 0 aliphatic heterocycles. The molecular weight excluding hydrogens is 246 g/mol. The molecule has 1 rings (SSSR count). The quantitative estimate of drug-likeness (QED) is 0.789. The molecule has 1 fully saturated rings. The molecule has 0 aromatic heterocycles. The van der Waals surface area contributed by atoms with Crippen LogP contribution < -0.4 is 0 Å². The van der Waals surface area contributed by atoms with E-state index >= 15 is 0 Å². The summed E-state index contributed by atoms with van der Waals surface area (Å²) >= 11 is 0. The third-order valence-electron chi connectivity index (χ3n) is 4.52. The first-order valence-corrected chi connectivity index (χ1v) is 8.57. The van der Waals surface area contributed by atoms with Crippen LogP contribution in [0.2, 0.25) is 0 Å². The Morgan fingerprint density at radius 1 is 1.28 bits per heavy atom. The third-order valence-corrected chi connectivity index (χ3v) is 7.47. The van der Waals surface area contributed by atoms with Crippen LogP contribution in [0.3, 0.4) is 0 Å². The number of nitrogens with zero attached hydrogens (tertiary/aromatic N) is 1. The predicted molar refractivity (Wildman–Crippen MR) is 73.7 cm³/mol. The van der Waals surface area contributed by atoms with E-state index in [1.165, 1.54) is 0 Å². The van der Waals surface area contributed by atoms with Crippen LogP contribution in [-0.4, -0.2) is 18.9 Å². The van der Waals surface area contributed by atoms with Crippen molar-refractivity contribution in [3.05, 3.63) is 0 Å². The summed E-state index contributed by atoms with van der Waals surface area (Å²) in [6.45, 7) is 7.75. The van der Waals surface area contributed by atoms with Crippen LogP contribution in [0, 0.1) is 29.1 Å². The van der Waals surface area contributed by atoms with Crippen LogP contribution >= 0.6 is 0 Å². The number of nitriles is 1. The summed E-state index contributed by atoms with van der Waals surface area (Å²) in [5, 5.41) is 8.39. The minimum absolute atomic E-state index is 0.108. The minimum Gasteiger partial charge on any atom is -0.228 e. The molecule has 4 atom stereocenters. The summed E-state index contributed by atoms with van der Waals surface area (Å²) in [5.41, 5.74) is 0. The zero-order valence-corrected chi connectivity index (χ0v) is 12.7. The van der Waals surface area contributed by atoms with E-state index in [4.69, 9.17) is 0 Å². The third kappa shape index (κ3) is 3.06. The zero-order valence-electron chi connectivity index (χ0n) is 11.9. The highest BCUT2D eigenvalue weighted by molar-refractivity contribution is 7.92. The zero-order chi connectivity index (χ0) is 13.9. The average molecular weight is 271 g/mol. The van der Waals surface area contributed by atoms with Crippen molar-refractivity contribution < 1.29 is 8.42 Å². The van der Waals surface area contributed by atoms with Gasteiger partial charge in [-0.3, -0.25) is 0 Å². The highest BCUT2D eigenvalue weighted by Crippen LogP contribution is 2.37. The standard InChI is InChI=1S/C14H25NO2S/c1-5-12-6-7-13(9-15)14(8-12)18(16,17)11(4)10(2)3/h10-14H,5-8H2,1-4H3.